The summed E-state index contributed by atoms with van der Waals surface area (Å²) in [6.07, 6.45) is 0. The summed E-state index contributed by atoms with van der Waals surface area (Å²) in [7, 11) is 0. The highest BCUT2D eigenvalue weighted by Crippen LogP contribution is 2.15. The second-order valence-electron chi connectivity index (χ2n) is 3.93. The van der Waals surface area contributed by atoms with Gasteiger partial charge in [-0.1, -0.05) is 13.8 Å². The second kappa shape index (κ2) is 3.90. The number of aliphatic hydroxyl groups is 1. The first-order chi connectivity index (χ1) is 5.28. The van der Waals surface area contributed by atoms with E-state index in [1.807, 2.05) is 27.7 Å². The van der Waals surface area contributed by atoms with E-state index in [-0.39, 0.29) is 17.9 Å². The number of carbonyl (C=O) groups is 1. The number of carbonyl (C=O) groups excluding carboxylic acids is 1. The van der Waals surface area contributed by atoms with Crippen molar-refractivity contribution in [2.45, 2.75) is 46.3 Å². The van der Waals surface area contributed by atoms with Crippen molar-refractivity contribution in [3.8, 4) is 0 Å². The molecule has 0 spiro atoms. The first-order valence-electron chi connectivity index (χ1n) is 4.31. The molecule has 1 unspecified atom stereocenters. The van der Waals surface area contributed by atoms with E-state index in [1.165, 1.54) is 6.92 Å². The van der Waals surface area contributed by atoms with Gasteiger partial charge in [-0.15, -0.1) is 0 Å². The molecule has 1 amide bonds. The van der Waals surface area contributed by atoms with E-state index in [2.05, 4.69) is 5.32 Å². The van der Waals surface area contributed by atoms with Crippen molar-refractivity contribution in [2.75, 3.05) is 0 Å². The van der Waals surface area contributed by atoms with E-state index in [0.29, 0.717) is 0 Å². The Labute approximate surface area is 74.2 Å². The molecule has 0 aromatic heterocycles. The summed E-state index contributed by atoms with van der Waals surface area (Å²) >= 11 is 0. The molecule has 0 aromatic rings. The first kappa shape index (κ1) is 11.4. The average Bonchev–Trinajstić information content (AvgIpc) is 1.85. The molecular formula is C9H19NO2. The molecule has 72 valence electrons. The van der Waals surface area contributed by atoms with Crippen LogP contribution in [0.15, 0.2) is 0 Å². The molecule has 0 aromatic carbocycles. The molecule has 0 saturated carbocycles. The van der Waals surface area contributed by atoms with Crippen LogP contribution in [0.25, 0.3) is 0 Å². The van der Waals surface area contributed by atoms with Crippen LogP contribution in [0.5, 0.6) is 0 Å². The molecule has 3 heteroatoms. The van der Waals surface area contributed by atoms with Crippen LogP contribution in [0, 0.1) is 5.92 Å². The van der Waals surface area contributed by atoms with E-state index in [9.17, 15) is 9.90 Å². The van der Waals surface area contributed by atoms with Crippen molar-refractivity contribution >= 4 is 5.91 Å². The topological polar surface area (TPSA) is 49.3 Å². The Bertz CT molecular complexity index is 162. The van der Waals surface area contributed by atoms with Crippen LogP contribution in [0.2, 0.25) is 0 Å². The van der Waals surface area contributed by atoms with Gasteiger partial charge in [-0.3, -0.25) is 4.79 Å². The fraction of sp³-hybridized carbons (Fsp3) is 0.889. The SMILES string of the molecule is CC(C)NC(=O)C(C)(O)C(C)C. The molecular weight excluding hydrogens is 154 g/mol. The number of hydrogen-bond acceptors (Lipinski definition) is 2. The van der Waals surface area contributed by atoms with Gasteiger partial charge in [0, 0.05) is 6.04 Å². The number of nitrogens with one attached hydrogen (secondary N) is 1. The third-order valence-electron chi connectivity index (χ3n) is 2.00. The van der Waals surface area contributed by atoms with Crippen LogP contribution >= 0.6 is 0 Å². The van der Waals surface area contributed by atoms with Gasteiger partial charge in [0.25, 0.3) is 5.91 Å². The Kier molecular flexibility index (Phi) is 3.71. The zero-order valence-electron chi connectivity index (χ0n) is 8.51. The number of amides is 1. The third kappa shape index (κ3) is 2.81. The summed E-state index contributed by atoms with van der Waals surface area (Å²) in [6, 6.07) is 0.0720. The third-order valence-corrected chi connectivity index (χ3v) is 2.00. The molecule has 0 saturated heterocycles. The van der Waals surface area contributed by atoms with Gasteiger partial charge in [0.2, 0.25) is 0 Å². The molecule has 1 atom stereocenters. The van der Waals surface area contributed by atoms with Crippen molar-refractivity contribution in [3.05, 3.63) is 0 Å². The molecule has 0 rings (SSSR count). The number of hydrogen-bond donors (Lipinski definition) is 2. The maximum absolute atomic E-state index is 11.4. The highest BCUT2D eigenvalue weighted by atomic mass is 16.3. The Balaban J connectivity index is 4.26. The minimum absolute atomic E-state index is 0.0720. The fourth-order valence-corrected chi connectivity index (χ4v) is 0.670. The quantitative estimate of drug-likeness (QED) is 0.666. The smallest absolute Gasteiger partial charge is 0.252 e. The molecule has 12 heavy (non-hydrogen) atoms. The van der Waals surface area contributed by atoms with Gasteiger partial charge in [0.05, 0.1) is 0 Å². The lowest BCUT2D eigenvalue weighted by Crippen LogP contribution is -2.50. The van der Waals surface area contributed by atoms with Gasteiger partial charge in [0.15, 0.2) is 0 Å². The summed E-state index contributed by atoms with van der Waals surface area (Å²) in [5.41, 5.74) is -1.26. The number of rotatable bonds is 3. The first-order valence-corrected chi connectivity index (χ1v) is 4.31. The lowest BCUT2D eigenvalue weighted by molar-refractivity contribution is -0.142. The molecule has 0 heterocycles. The second-order valence-corrected chi connectivity index (χ2v) is 3.93. The van der Waals surface area contributed by atoms with Crippen LogP contribution in [0.4, 0.5) is 0 Å². The summed E-state index contributed by atoms with van der Waals surface area (Å²) in [4.78, 5) is 11.4. The van der Waals surface area contributed by atoms with Gasteiger partial charge in [-0.2, -0.15) is 0 Å². The molecule has 0 radical (unpaired) electrons. The van der Waals surface area contributed by atoms with E-state index >= 15 is 0 Å². The Hall–Kier alpha value is -0.570. The lowest BCUT2D eigenvalue weighted by atomic mass is 9.91. The predicted molar refractivity (Wildman–Crippen MR) is 48.7 cm³/mol. The van der Waals surface area contributed by atoms with Crippen LogP contribution in [0.1, 0.15) is 34.6 Å². The zero-order chi connectivity index (χ0) is 9.94. The summed E-state index contributed by atoms with van der Waals surface area (Å²) < 4.78 is 0. The zero-order valence-corrected chi connectivity index (χ0v) is 8.51. The Morgan fingerprint density at radius 2 is 1.75 bits per heavy atom. The van der Waals surface area contributed by atoms with E-state index in [0.717, 1.165) is 0 Å². The summed E-state index contributed by atoms with van der Waals surface area (Å²) in [5.74, 6) is -0.372. The minimum atomic E-state index is -1.26. The van der Waals surface area contributed by atoms with Crippen LogP contribution < -0.4 is 5.32 Å². The van der Waals surface area contributed by atoms with Gasteiger partial charge in [-0.25, -0.2) is 0 Å². The summed E-state index contributed by atoms with van der Waals surface area (Å²) in [5, 5.41) is 12.4. The van der Waals surface area contributed by atoms with Gasteiger partial charge >= 0.3 is 0 Å². The van der Waals surface area contributed by atoms with E-state index in [4.69, 9.17) is 0 Å². The van der Waals surface area contributed by atoms with Crippen molar-refractivity contribution in [1.82, 2.24) is 5.32 Å². The van der Waals surface area contributed by atoms with E-state index < -0.39 is 5.60 Å². The molecule has 0 aliphatic heterocycles. The monoisotopic (exact) mass is 173 g/mol. The lowest BCUT2D eigenvalue weighted by Gasteiger charge is -2.27. The van der Waals surface area contributed by atoms with Crippen LogP contribution in [-0.4, -0.2) is 22.7 Å². The predicted octanol–water partition coefficient (Wildman–Crippen LogP) is 0.918. The standard InChI is InChI=1S/C9H19NO2/c1-6(2)9(5,12)8(11)10-7(3)4/h6-7,12H,1-5H3,(H,10,11). The van der Waals surface area contributed by atoms with Crippen molar-refractivity contribution in [1.29, 1.82) is 0 Å². The van der Waals surface area contributed by atoms with E-state index in [1.54, 1.807) is 0 Å². The van der Waals surface area contributed by atoms with Crippen LogP contribution in [0.3, 0.4) is 0 Å². The highest BCUT2D eigenvalue weighted by molar-refractivity contribution is 5.84. The normalized spacial score (nSPS) is 16.3. The van der Waals surface area contributed by atoms with Gasteiger partial charge in [-0.05, 0) is 26.7 Å². The molecule has 3 nitrogen and oxygen atoms in total. The van der Waals surface area contributed by atoms with Gasteiger partial charge in [0.1, 0.15) is 5.60 Å². The van der Waals surface area contributed by atoms with Crippen molar-refractivity contribution in [2.24, 2.45) is 5.92 Å². The van der Waals surface area contributed by atoms with Gasteiger partial charge < -0.3 is 10.4 Å². The minimum Gasteiger partial charge on any atom is -0.380 e. The fourth-order valence-electron chi connectivity index (χ4n) is 0.670. The molecule has 0 fully saturated rings. The summed E-state index contributed by atoms with van der Waals surface area (Å²) in [6.45, 7) is 8.91. The molecule has 2 N–H and O–H groups in total. The van der Waals surface area contributed by atoms with Crippen LogP contribution in [-0.2, 0) is 4.79 Å². The largest absolute Gasteiger partial charge is 0.380 e. The molecule has 0 aliphatic rings. The average molecular weight is 173 g/mol. The highest BCUT2D eigenvalue weighted by Gasteiger charge is 2.33. The van der Waals surface area contributed by atoms with Crippen molar-refractivity contribution in [3.63, 3.8) is 0 Å². The maximum Gasteiger partial charge on any atom is 0.252 e. The maximum atomic E-state index is 11.4. The Morgan fingerprint density at radius 3 is 2.00 bits per heavy atom. The molecule has 0 bridgehead atoms. The van der Waals surface area contributed by atoms with Crippen molar-refractivity contribution < 1.29 is 9.90 Å². The Morgan fingerprint density at radius 1 is 1.33 bits per heavy atom. The molecule has 0 aliphatic carbocycles.